The lowest BCUT2D eigenvalue weighted by Crippen LogP contribution is -2.31. The molecular formula is C29H28ClN5O2S. The van der Waals surface area contributed by atoms with Crippen LogP contribution < -0.4 is 15.4 Å². The molecule has 2 N–H and O–H groups in total. The summed E-state index contributed by atoms with van der Waals surface area (Å²) < 4.78 is 7.78. The van der Waals surface area contributed by atoms with Crippen LogP contribution >= 0.6 is 23.4 Å². The third-order valence-corrected chi connectivity index (χ3v) is 7.31. The molecule has 3 aromatic carbocycles. The fraction of sp³-hybridized carbons (Fsp3) is 0.207. The lowest BCUT2D eigenvalue weighted by atomic mass is 9.95. The van der Waals surface area contributed by atoms with Crippen molar-refractivity contribution in [2.75, 3.05) is 16.4 Å². The molecule has 0 radical (unpaired) electrons. The number of hydrogen-bond donors (Lipinski definition) is 2. The number of amides is 1. The van der Waals surface area contributed by atoms with Gasteiger partial charge in [-0.25, -0.2) is 4.68 Å². The highest BCUT2D eigenvalue weighted by molar-refractivity contribution is 7.99. The number of aromatic nitrogens is 3. The van der Waals surface area contributed by atoms with Crippen molar-refractivity contribution >= 4 is 40.9 Å². The van der Waals surface area contributed by atoms with Crippen LogP contribution in [0.3, 0.4) is 0 Å². The van der Waals surface area contributed by atoms with E-state index in [1.165, 1.54) is 0 Å². The minimum absolute atomic E-state index is 0.198. The van der Waals surface area contributed by atoms with Crippen molar-refractivity contribution in [3.05, 3.63) is 106 Å². The SMILES string of the molecule is CCCSc1nc2n(n1)C(c1ccc(OCc3cccc(Cl)c3)cc1)C(C(=O)Nc1ccccc1)=C(C)N2. The van der Waals surface area contributed by atoms with Crippen molar-refractivity contribution in [1.29, 1.82) is 0 Å². The summed E-state index contributed by atoms with van der Waals surface area (Å²) in [7, 11) is 0. The number of thioether (sulfide) groups is 1. The van der Waals surface area contributed by atoms with Crippen LogP contribution in [0, 0.1) is 0 Å². The topological polar surface area (TPSA) is 81.1 Å². The Morgan fingerprint density at radius 3 is 2.63 bits per heavy atom. The molecule has 2 heterocycles. The predicted octanol–water partition coefficient (Wildman–Crippen LogP) is 6.94. The molecule has 0 aliphatic carbocycles. The fourth-order valence-corrected chi connectivity index (χ4v) is 5.14. The van der Waals surface area contributed by atoms with Crippen molar-refractivity contribution in [2.24, 2.45) is 0 Å². The number of nitrogens with zero attached hydrogens (tertiary/aromatic N) is 3. The number of ether oxygens (including phenoxy) is 1. The second-order valence-corrected chi connectivity index (χ2v) is 10.4. The van der Waals surface area contributed by atoms with Crippen molar-refractivity contribution in [2.45, 2.75) is 38.1 Å². The van der Waals surface area contributed by atoms with E-state index < -0.39 is 6.04 Å². The van der Waals surface area contributed by atoms with Gasteiger partial charge in [-0.1, -0.05) is 72.8 Å². The first-order valence-corrected chi connectivity index (χ1v) is 13.8. The molecule has 0 saturated carbocycles. The molecule has 194 valence electrons. The summed E-state index contributed by atoms with van der Waals surface area (Å²) in [6, 6.07) is 24.3. The molecule has 0 saturated heterocycles. The summed E-state index contributed by atoms with van der Waals surface area (Å²) in [5, 5.41) is 12.4. The average molecular weight is 546 g/mol. The number of para-hydroxylation sites is 1. The van der Waals surface area contributed by atoms with Crippen LogP contribution in [0.15, 0.2) is 95.3 Å². The number of benzene rings is 3. The first-order chi connectivity index (χ1) is 18.5. The lowest BCUT2D eigenvalue weighted by molar-refractivity contribution is -0.113. The van der Waals surface area contributed by atoms with Crippen LogP contribution in [-0.4, -0.2) is 26.4 Å². The number of rotatable bonds is 9. The summed E-state index contributed by atoms with van der Waals surface area (Å²) in [6.45, 7) is 4.42. The number of anilines is 2. The van der Waals surface area contributed by atoms with E-state index in [4.69, 9.17) is 21.4 Å². The van der Waals surface area contributed by atoms with E-state index >= 15 is 0 Å². The van der Waals surface area contributed by atoms with Gasteiger partial charge in [-0.3, -0.25) is 4.79 Å². The molecule has 1 aliphatic rings. The quantitative estimate of drug-likeness (QED) is 0.222. The minimum Gasteiger partial charge on any atom is -0.489 e. The number of carbonyl (C=O) groups excluding carboxylic acids is 1. The first-order valence-electron chi connectivity index (χ1n) is 12.4. The molecule has 0 fully saturated rings. The summed E-state index contributed by atoms with van der Waals surface area (Å²) in [4.78, 5) is 18.3. The molecule has 4 aromatic rings. The van der Waals surface area contributed by atoms with Crippen molar-refractivity contribution < 1.29 is 9.53 Å². The molecule has 0 spiro atoms. The van der Waals surface area contributed by atoms with Crippen LogP contribution in [0.25, 0.3) is 0 Å². The van der Waals surface area contributed by atoms with E-state index in [1.54, 1.807) is 16.4 Å². The van der Waals surface area contributed by atoms with Gasteiger partial charge in [-0.2, -0.15) is 4.98 Å². The molecule has 1 aliphatic heterocycles. The Morgan fingerprint density at radius 1 is 1.11 bits per heavy atom. The zero-order valence-electron chi connectivity index (χ0n) is 21.1. The maximum absolute atomic E-state index is 13.6. The summed E-state index contributed by atoms with van der Waals surface area (Å²) in [6.07, 6.45) is 1.02. The van der Waals surface area contributed by atoms with Gasteiger partial charge in [-0.05, 0) is 60.9 Å². The highest BCUT2D eigenvalue weighted by Gasteiger charge is 2.34. The van der Waals surface area contributed by atoms with E-state index in [9.17, 15) is 4.79 Å². The third-order valence-electron chi connectivity index (χ3n) is 6.04. The Bertz CT molecular complexity index is 1450. The van der Waals surface area contributed by atoms with Gasteiger partial charge in [0.25, 0.3) is 5.91 Å². The van der Waals surface area contributed by atoms with E-state index in [0.717, 1.165) is 40.4 Å². The molecule has 7 nitrogen and oxygen atoms in total. The summed E-state index contributed by atoms with van der Waals surface area (Å²) in [5.41, 5.74) is 3.92. The van der Waals surface area contributed by atoms with Gasteiger partial charge in [-0.15, -0.1) is 5.10 Å². The predicted molar refractivity (Wildman–Crippen MR) is 153 cm³/mol. The number of hydrogen-bond acceptors (Lipinski definition) is 6. The van der Waals surface area contributed by atoms with Crippen molar-refractivity contribution in [3.8, 4) is 5.75 Å². The van der Waals surface area contributed by atoms with E-state index in [-0.39, 0.29) is 5.91 Å². The molecule has 5 rings (SSSR count). The molecule has 1 amide bonds. The third kappa shape index (κ3) is 5.87. The smallest absolute Gasteiger partial charge is 0.255 e. The molecule has 1 atom stereocenters. The molecule has 0 bridgehead atoms. The lowest BCUT2D eigenvalue weighted by Gasteiger charge is -2.28. The zero-order chi connectivity index (χ0) is 26.5. The molecule has 1 unspecified atom stereocenters. The normalized spacial score (nSPS) is 14.6. The van der Waals surface area contributed by atoms with Crippen LogP contribution in [-0.2, 0) is 11.4 Å². The Morgan fingerprint density at radius 2 is 1.89 bits per heavy atom. The van der Waals surface area contributed by atoms with Gasteiger partial charge in [0.2, 0.25) is 11.1 Å². The monoisotopic (exact) mass is 545 g/mol. The Hall–Kier alpha value is -3.75. The van der Waals surface area contributed by atoms with E-state index in [1.807, 2.05) is 85.8 Å². The van der Waals surface area contributed by atoms with Gasteiger partial charge in [0.1, 0.15) is 18.4 Å². The Labute approximate surface area is 231 Å². The highest BCUT2D eigenvalue weighted by Crippen LogP contribution is 2.37. The Kier molecular flexibility index (Phi) is 8.00. The second kappa shape index (κ2) is 11.8. The van der Waals surface area contributed by atoms with E-state index in [2.05, 4.69) is 22.5 Å². The number of fused-ring (bicyclic) bond motifs is 1. The van der Waals surface area contributed by atoms with Crippen molar-refractivity contribution in [1.82, 2.24) is 14.8 Å². The molecule has 9 heteroatoms. The van der Waals surface area contributed by atoms with Gasteiger partial charge in [0.05, 0.1) is 5.57 Å². The van der Waals surface area contributed by atoms with Crippen LogP contribution in [0.2, 0.25) is 5.02 Å². The maximum atomic E-state index is 13.6. The molecule has 38 heavy (non-hydrogen) atoms. The van der Waals surface area contributed by atoms with Gasteiger partial charge in [0.15, 0.2) is 0 Å². The molecular weight excluding hydrogens is 518 g/mol. The van der Waals surface area contributed by atoms with Crippen LogP contribution in [0.5, 0.6) is 5.75 Å². The average Bonchev–Trinajstić information content (AvgIpc) is 3.33. The maximum Gasteiger partial charge on any atom is 0.255 e. The largest absolute Gasteiger partial charge is 0.489 e. The zero-order valence-corrected chi connectivity index (χ0v) is 22.7. The van der Waals surface area contributed by atoms with Crippen LogP contribution in [0.4, 0.5) is 11.6 Å². The fourth-order valence-electron chi connectivity index (χ4n) is 4.25. The highest BCUT2D eigenvalue weighted by atomic mass is 35.5. The number of nitrogens with one attached hydrogen (secondary N) is 2. The number of carbonyl (C=O) groups is 1. The van der Waals surface area contributed by atoms with Gasteiger partial charge >= 0.3 is 0 Å². The van der Waals surface area contributed by atoms with Crippen LogP contribution in [0.1, 0.15) is 37.4 Å². The molecule has 1 aromatic heterocycles. The second-order valence-electron chi connectivity index (χ2n) is 8.89. The summed E-state index contributed by atoms with van der Waals surface area (Å²) in [5.74, 6) is 2.05. The minimum atomic E-state index is -0.458. The summed E-state index contributed by atoms with van der Waals surface area (Å²) >= 11 is 7.69. The van der Waals surface area contributed by atoms with Crippen molar-refractivity contribution in [3.63, 3.8) is 0 Å². The van der Waals surface area contributed by atoms with E-state index in [0.29, 0.717) is 28.3 Å². The Balaban J connectivity index is 1.44. The van der Waals surface area contributed by atoms with Gasteiger partial charge < -0.3 is 15.4 Å². The first kappa shape index (κ1) is 25.9. The van der Waals surface area contributed by atoms with Gasteiger partial charge in [0, 0.05) is 22.2 Å². The number of allylic oxidation sites excluding steroid dienone is 1. The number of halogens is 1. The standard InChI is InChI=1S/C29H28ClN5O2S/c1-3-16-38-29-33-28-31-19(2)25(27(36)32-23-10-5-4-6-11-23)26(35(28)34-29)21-12-14-24(15-13-21)37-18-20-8-7-9-22(30)17-20/h4-15,17,26H,3,16,18H2,1-2H3,(H,32,36)(H,31,33,34).